The minimum atomic E-state index is -4.08. The molecule has 44 heavy (non-hydrogen) atoms. The molecule has 1 amide bonds. The van der Waals surface area contributed by atoms with E-state index in [4.69, 9.17) is 14.2 Å². The van der Waals surface area contributed by atoms with Gasteiger partial charge in [-0.2, -0.15) is 9.57 Å². The Morgan fingerprint density at radius 1 is 1.18 bits per heavy atom. The van der Waals surface area contributed by atoms with E-state index < -0.39 is 39.8 Å². The van der Waals surface area contributed by atoms with Gasteiger partial charge in [-0.05, 0) is 48.4 Å². The molecule has 2 aromatic carbocycles. The molecule has 0 bridgehead atoms. The Kier molecular flexibility index (Phi) is 11.3. The van der Waals surface area contributed by atoms with Crippen molar-refractivity contribution in [1.82, 2.24) is 9.62 Å². The molecule has 11 nitrogen and oxygen atoms in total. The van der Waals surface area contributed by atoms with Gasteiger partial charge in [0, 0.05) is 39.3 Å². The van der Waals surface area contributed by atoms with Crippen LogP contribution in [0, 0.1) is 22.7 Å². The Labute approximate surface area is 260 Å². The number of rotatable bonds is 14. The Hall–Kier alpha value is -3.21. The van der Waals surface area contributed by atoms with Crippen LogP contribution in [-0.2, 0) is 30.7 Å². The van der Waals surface area contributed by atoms with Gasteiger partial charge in [0.05, 0.1) is 42.2 Å². The zero-order chi connectivity index (χ0) is 31.9. The van der Waals surface area contributed by atoms with Crippen LogP contribution in [0.4, 0.5) is 10.5 Å². The number of aliphatic hydroxyl groups is 1. The molecule has 240 valence electrons. The van der Waals surface area contributed by atoms with E-state index in [0.29, 0.717) is 18.7 Å². The van der Waals surface area contributed by atoms with E-state index >= 15 is 0 Å². The number of sulfonamides is 1. The molecule has 0 spiro atoms. The van der Waals surface area contributed by atoms with Crippen molar-refractivity contribution in [2.45, 2.75) is 69.0 Å². The van der Waals surface area contributed by atoms with E-state index in [9.17, 15) is 23.6 Å². The molecule has 0 radical (unpaired) electrons. The van der Waals surface area contributed by atoms with E-state index in [-0.39, 0.29) is 49.6 Å². The van der Waals surface area contributed by atoms with Crippen LogP contribution in [0.1, 0.15) is 38.7 Å². The normalized spacial score (nSPS) is 21.3. The minimum absolute atomic E-state index is 0.0487. The molecule has 2 aliphatic rings. The minimum Gasteiger partial charge on any atom is -0.443 e. The number of benzene rings is 2. The molecule has 2 aliphatic heterocycles. The van der Waals surface area contributed by atoms with Gasteiger partial charge in [0.25, 0.3) is 0 Å². The number of amides is 1. The summed E-state index contributed by atoms with van der Waals surface area (Å²) in [6, 6.07) is 17.2. The van der Waals surface area contributed by atoms with Gasteiger partial charge in [-0.25, -0.2) is 13.2 Å². The lowest BCUT2D eigenvalue weighted by molar-refractivity contribution is -0.0907. The number of nitrogens with one attached hydrogen (secondary N) is 1. The van der Waals surface area contributed by atoms with E-state index in [1.165, 1.54) is 10.4 Å². The largest absolute Gasteiger partial charge is 0.443 e. The Morgan fingerprint density at radius 2 is 1.93 bits per heavy atom. The maximum atomic E-state index is 14.1. The summed E-state index contributed by atoms with van der Waals surface area (Å²) >= 11 is 0. The van der Waals surface area contributed by atoms with E-state index in [1.54, 1.807) is 12.1 Å². The van der Waals surface area contributed by atoms with Crippen molar-refractivity contribution in [2.24, 2.45) is 11.3 Å². The van der Waals surface area contributed by atoms with Crippen molar-refractivity contribution in [1.29, 1.82) is 5.26 Å². The quantitative estimate of drug-likeness (QED) is 0.321. The van der Waals surface area contributed by atoms with Crippen molar-refractivity contribution < 1.29 is 32.5 Å². The molecule has 0 saturated carbocycles. The van der Waals surface area contributed by atoms with E-state index in [2.05, 4.69) is 11.4 Å². The summed E-state index contributed by atoms with van der Waals surface area (Å²) in [5, 5.41) is 23.6. The number of carbonyl (C=O) groups excluding carboxylic acids is 1. The summed E-state index contributed by atoms with van der Waals surface area (Å²) < 4.78 is 46.4. The van der Waals surface area contributed by atoms with Crippen molar-refractivity contribution in [3.63, 3.8) is 0 Å². The highest BCUT2D eigenvalue weighted by Gasteiger charge is 2.44. The topological polar surface area (TPSA) is 141 Å². The monoisotopic (exact) mass is 628 g/mol. The molecule has 5 atom stereocenters. The van der Waals surface area contributed by atoms with Crippen LogP contribution in [-0.4, -0.2) is 88.9 Å². The first-order valence-electron chi connectivity index (χ1n) is 15.0. The summed E-state index contributed by atoms with van der Waals surface area (Å²) in [7, 11) is -0.428. The van der Waals surface area contributed by atoms with Gasteiger partial charge in [0.2, 0.25) is 10.0 Å². The zero-order valence-corrected chi connectivity index (χ0v) is 26.7. The van der Waals surface area contributed by atoms with Crippen molar-refractivity contribution in [2.75, 3.05) is 45.3 Å². The smallest absolute Gasteiger partial charge is 0.407 e. The lowest BCUT2D eigenvalue weighted by Gasteiger charge is -2.35. The second-order valence-corrected chi connectivity index (χ2v) is 14.4. The van der Waals surface area contributed by atoms with Gasteiger partial charge >= 0.3 is 6.09 Å². The van der Waals surface area contributed by atoms with Crippen LogP contribution in [0.25, 0.3) is 0 Å². The Morgan fingerprint density at radius 3 is 2.64 bits per heavy atom. The van der Waals surface area contributed by atoms with Gasteiger partial charge in [-0.3, -0.25) is 0 Å². The highest BCUT2D eigenvalue weighted by atomic mass is 32.2. The lowest BCUT2D eigenvalue weighted by atomic mass is 9.88. The maximum absolute atomic E-state index is 14.1. The summed E-state index contributed by atoms with van der Waals surface area (Å²) in [6.45, 7) is 4.34. The predicted molar refractivity (Wildman–Crippen MR) is 165 cm³/mol. The SMILES string of the molecule is CN(C)c1cccc(S(=O)(=O)N(CC(O)C(Cc2ccccc2)NC(=O)OC2COC3OCCC23)CC(C)(C)CCC#N)c1. The van der Waals surface area contributed by atoms with Crippen LogP contribution < -0.4 is 10.2 Å². The number of nitriles is 1. The Bertz CT molecular complexity index is 1400. The molecule has 2 aromatic rings. The molecule has 12 heteroatoms. The van der Waals surface area contributed by atoms with Gasteiger partial charge < -0.3 is 29.5 Å². The van der Waals surface area contributed by atoms with Crippen molar-refractivity contribution >= 4 is 21.8 Å². The number of nitrogens with zero attached hydrogens (tertiary/aromatic N) is 3. The molecular formula is C32H44N4O7S. The molecular weight excluding hydrogens is 584 g/mol. The summed E-state index contributed by atoms with van der Waals surface area (Å²) in [6.07, 6.45) is -1.15. The van der Waals surface area contributed by atoms with E-state index in [0.717, 1.165) is 12.0 Å². The van der Waals surface area contributed by atoms with Crippen LogP contribution in [0.2, 0.25) is 0 Å². The number of carbonyl (C=O) groups is 1. The van der Waals surface area contributed by atoms with Crippen LogP contribution >= 0.6 is 0 Å². The molecule has 0 aromatic heterocycles. The Balaban J connectivity index is 1.59. The van der Waals surface area contributed by atoms with Gasteiger partial charge in [-0.1, -0.05) is 50.2 Å². The maximum Gasteiger partial charge on any atom is 0.407 e. The fourth-order valence-corrected chi connectivity index (χ4v) is 7.31. The number of fused-ring (bicyclic) bond motifs is 1. The molecule has 5 unspecified atom stereocenters. The third-order valence-corrected chi connectivity index (χ3v) is 10.00. The van der Waals surface area contributed by atoms with Crippen LogP contribution in [0.3, 0.4) is 0 Å². The molecule has 2 N–H and O–H groups in total. The van der Waals surface area contributed by atoms with E-state index in [1.807, 2.05) is 69.2 Å². The second-order valence-electron chi connectivity index (χ2n) is 12.5. The lowest BCUT2D eigenvalue weighted by Crippen LogP contribution is -2.52. The zero-order valence-electron chi connectivity index (χ0n) is 25.9. The molecule has 2 fully saturated rings. The number of hydrogen-bond acceptors (Lipinski definition) is 9. The number of anilines is 1. The summed E-state index contributed by atoms with van der Waals surface area (Å²) in [5.74, 6) is -0.0487. The highest BCUT2D eigenvalue weighted by Crippen LogP contribution is 2.33. The highest BCUT2D eigenvalue weighted by molar-refractivity contribution is 7.89. The fraction of sp³-hybridized carbons (Fsp3) is 0.562. The first-order valence-corrected chi connectivity index (χ1v) is 16.4. The third kappa shape index (κ3) is 8.70. The van der Waals surface area contributed by atoms with Gasteiger partial charge in [0.15, 0.2) is 6.29 Å². The fourth-order valence-electron chi connectivity index (χ4n) is 5.63. The number of hydrogen-bond donors (Lipinski definition) is 2. The average Bonchev–Trinajstić information content (AvgIpc) is 3.61. The average molecular weight is 629 g/mol. The molecule has 2 heterocycles. The molecule has 2 saturated heterocycles. The first kappa shape index (κ1) is 33.7. The number of alkyl carbamates (subject to hydrolysis) is 1. The second kappa shape index (κ2) is 14.7. The summed E-state index contributed by atoms with van der Waals surface area (Å²) in [5.41, 5.74) is 1.01. The van der Waals surface area contributed by atoms with Crippen molar-refractivity contribution in [3.05, 3.63) is 60.2 Å². The first-order chi connectivity index (χ1) is 20.9. The molecule has 4 rings (SSSR count). The number of aliphatic hydroxyl groups excluding tert-OH is 1. The summed E-state index contributed by atoms with van der Waals surface area (Å²) in [4.78, 5) is 15.0. The predicted octanol–water partition coefficient (Wildman–Crippen LogP) is 3.53. The van der Waals surface area contributed by atoms with Crippen LogP contribution in [0.5, 0.6) is 0 Å². The van der Waals surface area contributed by atoms with Crippen molar-refractivity contribution in [3.8, 4) is 6.07 Å². The standard InChI is InChI=1S/C32H44N4O7S/c1-32(2,15-9-16-33)22-36(44(39,40)25-13-8-12-24(19-25)35(3)4)20-28(37)27(18-23-10-6-5-7-11-23)34-31(38)43-29-21-42-30-26(29)14-17-41-30/h5-8,10-13,19,26-30,37H,9,14-15,17-18,20-22H2,1-4H3,(H,34,38). The van der Waals surface area contributed by atoms with Gasteiger partial charge in [0.1, 0.15) is 6.10 Å². The van der Waals surface area contributed by atoms with Crippen LogP contribution in [0.15, 0.2) is 59.5 Å². The third-order valence-electron chi connectivity index (χ3n) is 8.19. The van der Waals surface area contributed by atoms with Gasteiger partial charge in [-0.15, -0.1) is 0 Å². The number of ether oxygens (including phenoxy) is 3. The molecule has 0 aliphatic carbocycles.